The first-order valence-electron chi connectivity index (χ1n) is 5.54. The highest BCUT2D eigenvalue weighted by Gasteiger charge is 2.33. The van der Waals surface area contributed by atoms with E-state index in [9.17, 15) is 18.0 Å². The van der Waals surface area contributed by atoms with Crippen LogP contribution in [-0.2, 0) is 12.7 Å². The molecule has 2 rings (SSSR count). The summed E-state index contributed by atoms with van der Waals surface area (Å²) in [4.78, 5) is 11.4. The first kappa shape index (κ1) is 12.2. The first-order valence-corrected chi connectivity index (χ1v) is 5.54. The molecule has 0 aromatic carbocycles. The van der Waals surface area contributed by atoms with Gasteiger partial charge in [-0.05, 0) is 31.8 Å². The quantitative estimate of drug-likeness (QED) is 0.827. The zero-order valence-electron chi connectivity index (χ0n) is 9.18. The molecule has 1 aliphatic heterocycles. The summed E-state index contributed by atoms with van der Waals surface area (Å²) in [7, 11) is 0. The number of halogens is 3. The van der Waals surface area contributed by atoms with E-state index in [-0.39, 0.29) is 5.92 Å². The molecule has 96 valence electrons. The number of rotatable bonds is 2. The number of H-pyrrole nitrogens is 1. The zero-order chi connectivity index (χ0) is 12.5. The first-order chi connectivity index (χ1) is 7.97. The number of piperidine rings is 1. The van der Waals surface area contributed by atoms with E-state index in [1.807, 2.05) is 0 Å². The molecular weight excluding hydrogens is 235 g/mol. The smallest absolute Gasteiger partial charge is 0.317 e. The molecule has 2 N–H and O–H groups in total. The number of hydrogen-bond acceptors (Lipinski definition) is 2. The van der Waals surface area contributed by atoms with Crippen molar-refractivity contribution in [2.24, 2.45) is 5.92 Å². The highest BCUT2D eigenvalue weighted by molar-refractivity contribution is 5.03. The van der Waals surface area contributed by atoms with Crippen LogP contribution in [0.2, 0.25) is 0 Å². The maximum atomic E-state index is 12.4. The maximum Gasteiger partial charge on any atom is 0.432 e. The Hall–Kier alpha value is -1.24. The van der Waals surface area contributed by atoms with Crippen molar-refractivity contribution in [1.29, 1.82) is 0 Å². The van der Waals surface area contributed by atoms with Crippen LogP contribution in [0, 0.1) is 5.92 Å². The minimum absolute atomic E-state index is 0.258. The molecule has 0 atom stereocenters. The molecule has 2 heterocycles. The Bertz CT molecular complexity index is 429. The number of nitrogens with zero attached hydrogens (tertiary/aromatic N) is 1. The molecule has 0 aliphatic carbocycles. The number of aromatic amines is 1. The molecule has 0 amide bonds. The molecule has 1 fully saturated rings. The van der Waals surface area contributed by atoms with Gasteiger partial charge in [0.2, 0.25) is 0 Å². The minimum Gasteiger partial charge on any atom is -0.317 e. The van der Waals surface area contributed by atoms with Gasteiger partial charge in [0.05, 0.1) is 0 Å². The average Bonchev–Trinajstić information content (AvgIpc) is 2.62. The molecule has 1 aromatic rings. The summed E-state index contributed by atoms with van der Waals surface area (Å²) < 4.78 is 38.2. The van der Waals surface area contributed by atoms with E-state index < -0.39 is 17.4 Å². The summed E-state index contributed by atoms with van der Waals surface area (Å²) in [5, 5.41) is 5.29. The molecule has 17 heavy (non-hydrogen) atoms. The van der Waals surface area contributed by atoms with Gasteiger partial charge in [0.25, 0.3) is 5.56 Å². The van der Waals surface area contributed by atoms with Gasteiger partial charge in [0, 0.05) is 12.6 Å². The van der Waals surface area contributed by atoms with Gasteiger partial charge in [0.1, 0.15) is 5.69 Å². The predicted molar refractivity (Wildman–Crippen MR) is 55.6 cm³/mol. The second-order valence-electron chi connectivity index (χ2n) is 4.31. The van der Waals surface area contributed by atoms with Crippen LogP contribution in [-0.4, -0.2) is 22.9 Å². The lowest BCUT2D eigenvalue weighted by molar-refractivity contribution is -0.141. The molecule has 7 heteroatoms. The van der Waals surface area contributed by atoms with Crippen molar-refractivity contribution in [3.05, 3.63) is 22.1 Å². The summed E-state index contributed by atoms with van der Waals surface area (Å²) in [5.41, 5.74) is -1.59. The van der Waals surface area contributed by atoms with Crippen LogP contribution >= 0.6 is 0 Å². The number of nitrogens with one attached hydrogen (secondary N) is 2. The third-order valence-electron chi connectivity index (χ3n) is 2.99. The summed E-state index contributed by atoms with van der Waals surface area (Å²) >= 11 is 0. The van der Waals surface area contributed by atoms with Gasteiger partial charge in [-0.2, -0.15) is 13.2 Å². The Balaban J connectivity index is 2.10. The summed E-state index contributed by atoms with van der Waals surface area (Å²) in [5.74, 6) is 0.258. The monoisotopic (exact) mass is 249 g/mol. The molecule has 4 nitrogen and oxygen atoms in total. The minimum atomic E-state index is -4.49. The van der Waals surface area contributed by atoms with E-state index >= 15 is 0 Å². The third kappa shape index (κ3) is 2.91. The van der Waals surface area contributed by atoms with Gasteiger partial charge in [-0.1, -0.05) is 0 Å². The van der Waals surface area contributed by atoms with E-state index in [1.54, 1.807) is 0 Å². The van der Waals surface area contributed by atoms with Crippen LogP contribution in [0.15, 0.2) is 10.9 Å². The predicted octanol–water partition coefficient (Wildman–Crippen LogP) is 1.19. The largest absolute Gasteiger partial charge is 0.432 e. The van der Waals surface area contributed by atoms with Gasteiger partial charge >= 0.3 is 6.18 Å². The van der Waals surface area contributed by atoms with E-state index in [0.29, 0.717) is 12.6 Å². The van der Waals surface area contributed by atoms with E-state index in [2.05, 4.69) is 10.4 Å². The average molecular weight is 249 g/mol. The molecule has 1 aromatic heterocycles. The normalized spacial score (nSPS) is 18.5. The Morgan fingerprint density at radius 1 is 1.35 bits per heavy atom. The fraction of sp³-hybridized carbons (Fsp3) is 0.700. The van der Waals surface area contributed by atoms with Crippen molar-refractivity contribution in [2.75, 3.05) is 13.1 Å². The molecule has 0 saturated carbocycles. The lowest BCUT2D eigenvalue weighted by Gasteiger charge is -2.22. The van der Waals surface area contributed by atoms with Gasteiger partial charge < -0.3 is 5.32 Å². The van der Waals surface area contributed by atoms with E-state index in [1.165, 1.54) is 0 Å². The summed E-state index contributed by atoms with van der Waals surface area (Å²) in [6, 6.07) is 0.612. The molecule has 1 aliphatic rings. The summed E-state index contributed by atoms with van der Waals surface area (Å²) in [6.45, 7) is 2.04. The standard InChI is InChI=1S/C10H14F3N3O/c11-10(12,13)8-5-9(17)16(15-8)6-7-1-3-14-4-2-7/h5,7,14-15H,1-4,6H2. The Labute approximate surface area is 95.8 Å². The van der Waals surface area contributed by atoms with Crippen molar-refractivity contribution in [3.8, 4) is 0 Å². The van der Waals surface area contributed by atoms with Crippen molar-refractivity contribution in [1.82, 2.24) is 15.1 Å². The molecule has 0 bridgehead atoms. The number of hydrogen-bond donors (Lipinski definition) is 2. The van der Waals surface area contributed by atoms with Crippen LogP contribution in [0.4, 0.5) is 13.2 Å². The highest BCUT2D eigenvalue weighted by atomic mass is 19.4. The lowest BCUT2D eigenvalue weighted by atomic mass is 9.98. The number of alkyl halides is 3. The van der Waals surface area contributed by atoms with Crippen LogP contribution in [0.25, 0.3) is 0 Å². The second kappa shape index (κ2) is 4.56. The van der Waals surface area contributed by atoms with Gasteiger partial charge in [-0.15, -0.1) is 0 Å². The zero-order valence-corrected chi connectivity index (χ0v) is 9.18. The SMILES string of the molecule is O=c1cc(C(F)(F)F)[nH]n1CC1CCNCC1. The van der Waals surface area contributed by atoms with Crippen LogP contribution in [0.3, 0.4) is 0 Å². The maximum absolute atomic E-state index is 12.4. The fourth-order valence-electron chi connectivity index (χ4n) is 2.04. The lowest BCUT2D eigenvalue weighted by Crippen LogP contribution is -2.32. The topological polar surface area (TPSA) is 49.8 Å². The molecule has 1 saturated heterocycles. The fourth-order valence-corrected chi connectivity index (χ4v) is 2.04. The van der Waals surface area contributed by atoms with E-state index in [4.69, 9.17) is 0 Å². The van der Waals surface area contributed by atoms with Crippen molar-refractivity contribution in [2.45, 2.75) is 25.6 Å². The van der Waals surface area contributed by atoms with Gasteiger partial charge in [-0.25, -0.2) is 0 Å². The Morgan fingerprint density at radius 3 is 2.53 bits per heavy atom. The van der Waals surface area contributed by atoms with Crippen LogP contribution < -0.4 is 10.9 Å². The van der Waals surface area contributed by atoms with Crippen molar-refractivity contribution in [3.63, 3.8) is 0 Å². The summed E-state index contributed by atoms with van der Waals surface area (Å²) in [6.07, 6.45) is -2.72. The molecule has 0 unspecified atom stereocenters. The molecule has 0 spiro atoms. The second-order valence-corrected chi connectivity index (χ2v) is 4.31. The third-order valence-corrected chi connectivity index (χ3v) is 2.99. The Morgan fingerprint density at radius 2 is 2.00 bits per heavy atom. The van der Waals surface area contributed by atoms with Crippen molar-refractivity contribution < 1.29 is 13.2 Å². The van der Waals surface area contributed by atoms with Crippen molar-refractivity contribution >= 4 is 0 Å². The van der Waals surface area contributed by atoms with Crippen LogP contribution in [0.1, 0.15) is 18.5 Å². The van der Waals surface area contributed by atoms with E-state index in [0.717, 1.165) is 30.6 Å². The van der Waals surface area contributed by atoms with Gasteiger partial charge in [-0.3, -0.25) is 14.6 Å². The Kier molecular flexibility index (Phi) is 3.28. The molecular formula is C10H14F3N3O. The number of aromatic nitrogens is 2. The molecule has 0 radical (unpaired) electrons. The van der Waals surface area contributed by atoms with Crippen LogP contribution in [0.5, 0.6) is 0 Å². The highest BCUT2D eigenvalue weighted by Crippen LogP contribution is 2.26. The van der Waals surface area contributed by atoms with Gasteiger partial charge in [0.15, 0.2) is 0 Å².